The van der Waals surface area contributed by atoms with E-state index in [-0.39, 0.29) is 12.5 Å². The van der Waals surface area contributed by atoms with E-state index in [0.29, 0.717) is 39.2 Å². The van der Waals surface area contributed by atoms with E-state index in [9.17, 15) is 9.59 Å². The largest absolute Gasteiger partial charge is 0.493 e. The summed E-state index contributed by atoms with van der Waals surface area (Å²) >= 11 is 7.27. The van der Waals surface area contributed by atoms with Gasteiger partial charge in [-0.25, -0.2) is 4.79 Å². The molecule has 3 aromatic rings. The summed E-state index contributed by atoms with van der Waals surface area (Å²) in [4.78, 5) is 28.7. The lowest BCUT2D eigenvalue weighted by atomic mass is 10.1. The molecule has 0 saturated carbocycles. The van der Waals surface area contributed by atoms with E-state index < -0.39 is 11.2 Å². The van der Waals surface area contributed by atoms with E-state index in [1.807, 2.05) is 24.3 Å². The van der Waals surface area contributed by atoms with Crippen molar-refractivity contribution in [3.05, 3.63) is 64.8 Å². The lowest BCUT2D eigenvalue weighted by molar-refractivity contribution is -0.120. The summed E-state index contributed by atoms with van der Waals surface area (Å²) < 4.78 is 15.8. The van der Waals surface area contributed by atoms with E-state index in [4.69, 9.17) is 25.8 Å². The molecular weight excluding hydrogens is 476 g/mol. The van der Waals surface area contributed by atoms with E-state index in [2.05, 4.69) is 10.3 Å². The van der Waals surface area contributed by atoms with Crippen LogP contribution in [-0.4, -0.2) is 42.9 Å². The molecule has 0 radical (unpaired) electrons. The number of hydrogen-bond acceptors (Lipinski definition) is 6. The Bertz CT molecular complexity index is 1150. The van der Waals surface area contributed by atoms with Crippen LogP contribution in [0.15, 0.2) is 53.7 Å². The fraction of sp³-hybridized carbons (Fsp3) is 0.280. The van der Waals surface area contributed by atoms with Crippen molar-refractivity contribution in [3.63, 3.8) is 0 Å². The maximum Gasteiger partial charge on any atom is 0.341 e. The zero-order valence-corrected chi connectivity index (χ0v) is 21.0. The van der Waals surface area contributed by atoms with Crippen LogP contribution in [0.2, 0.25) is 5.02 Å². The fourth-order valence-electron chi connectivity index (χ4n) is 3.31. The highest BCUT2D eigenvalue weighted by atomic mass is 35.5. The molecule has 0 bridgehead atoms. The summed E-state index contributed by atoms with van der Waals surface area (Å²) in [5.41, 5.74) is 2.78. The Labute approximate surface area is 208 Å². The van der Waals surface area contributed by atoms with Gasteiger partial charge in [-0.15, -0.1) is 0 Å². The summed E-state index contributed by atoms with van der Waals surface area (Å²) in [7, 11) is 3.14. The van der Waals surface area contributed by atoms with Gasteiger partial charge in [0.15, 0.2) is 11.5 Å². The number of carbonyl (C=O) groups is 2. The number of ether oxygens (including phenoxy) is 3. The van der Waals surface area contributed by atoms with Gasteiger partial charge in [-0.3, -0.25) is 4.79 Å². The number of benzene rings is 2. The molecule has 1 unspecified atom stereocenters. The smallest absolute Gasteiger partial charge is 0.341 e. The normalized spacial score (nSPS) is 11.6. The SMILES string of the molecule is CCOC(=O)c1c(-c2ccc(Cl)cc2)c[nH]c1SC(C)C(=O)NCc1ccc(OC)c(OC)c1. The molecular formula is C25H27ClN2O5S. The topological polar surface area (TPSA) is 89.7 Å². The van der Waals surface area contributed by atoms with Crippen molar-refractivity contribution in [2.75, 3.05) is 20.8 Å². The predicted molar refractivity (Wildman–Crippen MR) is 134 cm³/mol. The van der Waals surface area contributed by atoms with Gasteiger partial charge in [0.2, 0.25) is 5.91 Å². The van der Waals surface area contributed by atoms with Gasteiger partial charge in [-0.2, -0.15) is 0 Å². The van der Waals surface area contributed by atoms with Crippen LogP contribution in [0, 0.1) is 0 Å². The van der Waals surface area contributed by atoms with Crippen LogP contribution in [-0.2, 0) is 16.1 Å². The zero-order valence-electron chi connectivity index (χ0n) is 19.4. The Morgan fingerprint density at radius 1 is 1.09 bits per heavy atom. The number of nitrogens with one attached hydrogen (secondary N) is 2. The van der Waals surface area contributed by atoms with Crippen LogP contribution >= 0.6 is 23.4 Å². The third-order valence-electron chi connectivity index (χ3n) is 5.06. The average molecular weight is 503 g/mol. The van der Waals surface area contributed by atoms with Gasteiger partial charge in [0.05, 0.1) is 36.7 Å². The highest BCUT2D eigenvalue weighted by Gasteiger charge is 2.25. The minimum absolute atomic E-state index is 0.169. The van der Waals surface area contributed by atoms with E-state index in [1.54, 1.807) is 52.5 Å². The number of rotatable bonds is 10. The first-order chi connectivity index (χ1) is 16.4. The number of esters is 1. The molecule has 2 aromatic carbocycles. The number of aromatic amines is 1. The molecule has 2 N–H and O–H groups in total. The van der Waals surface area contributed by atoms with Crippen molar-refractivity contribution < 1.29 is 23.8 Å². The maximum atomic E-state index is 12.8. The number of methoxy groups -OCH3 is 2. The third kappa shape index (κ3) is 6.07. The maximum absolute atomic E-state index is 12.8. The quantitative estimate of drug-likeness (QED) is 0.288. The van der Waals surface area contributed by atoms with Crippen LogP contribution in [0.1, 0.15) is 29.8 Å². The van der Waals surface area contributed by atoms with Crippen LogP contribution in [0.25, 0.3) is 11.1 Å². The summed E-state index contributed by atoms with van der Waals surface area (Å²) in [5, 5.41) is 3.63. The van der Waals surface area contributed by atoms with Gasteiger partial charge >= 0.3 is 5.97 Å². The first-order valence-electron chi connectivity index (χ1n) is 10.7. The number of halogens is 1. The molecule has 9 heteroatoms. The van der Waals surface area contributed by atoms with Crippen molar-refractivity contribution in [1.82, 2.24) is 10.3 Å². The molecule has 0 saturated heterocycles. The lowest BCUT2D eigenvalue weighted by Crippen LogP contribution is -2.30. The van der Waals surface area contributed by atoms with Crippen LogP contribution < -0.4 is 14.8 Å². The Morgan fingerprint density at radius 3 is 2.44 bits per heavy atom. The van der Waals surface area contributed by atoms with Crippen molar-refractivity contribution in [3.8, 4) is 22.6 Å². The Hall–Kier alpha value is -3.10. The molecule has 7 nitrogen and oxygen atoms in total. The standard InChI is InChI=1S/C25H27ClN2O5S/c1-5-33-25(30)22-19(17-7-9-18(26)10-8-17)14-28-24(22)34-15(2)23(29)27-13-16-6-11-20(31-3)21(12-16)32-4/h6-12,14-15,28H,5,13H2,1-4H3,(H,27,29). The summed E-state index contributed by atoms with van der Waals surface area (Å²) in [6.45, 7) is 4.11. The van der Waals surface area contributed by atoms with Gasteiger partial charge < -0.3 is 24.5 Å². The third-order valence-corrected chi connectivity index (χ3v) is 6.43. The second-order valence-electron chi connectivity index (χ2n) is 7.30. The summed E-state index contributed by atoms with van der Waals surface area (Å²) in [6, 6.07) is 12.7. The van der Waals surface area contributed by atoms with Gasteiger partial charge in [-0.1, -0.05) is 41.6 Å². The molecule has 1 atom stereocenters. The van der Waals surface area contributed by atoms with E-state index in [0.717, 1.165) is 11.1 Å². The molecule has 1 aromatic heterocycles. The molecule has 0 aliphatic rings. The predicted octanol–water partition coefficient (Wildman–Crippen LogP) is 5.33. The van der Waals surface area contributed by atoms with Crippen LogP contribution in [0.5, 0.6) is 11.5 Å². The number of aromatic nitrogens is 1. The van der Waals surface area contributed by atoms with Crippen molar-refractivity contribution in [2.45, 2.75) is 30.7 Å². The van der Waals surface area contributed by atoms with E-state index in [1.165, 1.54) is 11.8 Å². The molecule has 0 spiro atoms. The number of carbonyl (C=O) groups excluding carboxylic acids is 2. The van der Waals surface area contributed by atoms with Crippen molar-refractivity contribution >= 4 is 35.2 Å². The van der Waals surface area contributed by atoms with Gasteiger partial charge in [0.25, 0.3) is 0 Å². The first-order valence-corrected chi connectivity index (χ1v) is 11.9. The van der Waals surface area contributed by atoms with Crippen LogP contribution in [0.3, 0.4) is 0 Å². The second kappa shape index (κ2) is 11.9. The molecule has 3 rings (SSSR count). The van der Waals surface area contributed by atoms with Crippen LogP contribution in [0.4, 0.5) is 0 Å². The summed E-state index contributed by atoms with van der Waals surface area (Å²) in [5.74, 6) is 0.597. The molecule has 1 amide bonds. The molecule has 34 heavy (non-hydrogen) atoms. The number of thioether (sulfide) groups is 1. The molecule has 0 aliphatic carbocycles. The zero-order chi connectivity index (χ0) is 24.7. The highest BCUT2D eigenvalue weighted by Crippen LogP contribution is 2.35. The Balaban J connectivity index is 1.74. The number of hydrogen-bond donors (Lipinski definition) is 2. The first kappa shape index (κ1) is 25.5. The number of H-pyrrole nitrogens is 1. The second-order valence-corrected chi connectivity index (χ2v) is 9.09. The minimum Gasteiger partial charge on any atom is -0.493 e. The van der Waals surface area contributed by atoms with E-state index >= 15 is 0 Å². The minimum atomic E-state index is -0.468. The summed E-state index contributed by atoms with van der Waals surface area (Å²) in [6.07, 6.45) is 1.74. The Morgan fingerprint density at radius 2 is 1.79 bits per heavy atom. The lowest BCUT2D eigenvalue weighted by Gasteiger charge is -2.14. The Kier molecular flexibility index (Phi) is 8.90. The molecule has 180 valence electrons. The van der Waals surface area contributed by atoms with Crippen molar-refractivity contribution in [1.29, 1.82) is 0 Å². The monoisotopic (exact) mass is 502 g/mol. The van der Waals surface area contributed by atoms with Crippen molar-refractivity contribution in [2.24, 2.45) is 0 Å². The fourth-order valence-corrected chi connectivity index (χ4v) is 4.42. The van der Waals surface area contributed by atoms with Gasteiger partial charge in [-0.05, 0) is 49.2 Å². The number of amides is 1. The molecule has 1 heterocycles. The van der Waals surface area contributed by atoms with Gasteiger partial charge in [0, 0.05) is 23.3 Å². The average Bonchev–Trinajstić information content (AvgIpc) is 3.26. The van der Waals surface area contributed by atoms with Gasteiger partial charge in [0.1, 0.15) is 0 Å². The highest BCUT2D eigenvalue weighted by molar-refractivity contribution is 8.00. The molecule has 0 fully saturated rings. The molecule has 0 aliphatic heterocycles.